The van der Waals surface area contributed by atoms with E-state index in [4.69, 9.17) is 34.8 Å². The number of hydrogen-bond acceptors (Lipinski definition) is 5. The molecule has 0 saturated carbocycles. The van der Waals surface area contributed by atoms with E-state index in [1.54, 1.807) is 29.6 Å². The lowest BCUT2D eigenvalue weighted by molar-refractivity contribution is 0.0987. The van der Waals surface area contributed by atoms with Crippen LogP contribution in [0.1, 0.15) is 16.8 Å². The Morgan fingerprint density at radius 1 is 1.18 bits per heavy atom. The predicted octanol–water partition coefficient (Wildman–Crippen LogP) is 6.25. The summed E-state index contributed by atoms with van der Waals surface area (Å²) in [5, 5.41) is 1.24. The number of thiophene rings is 1. The summed E-state index contributed by atoms with van der Waals surface area (Å²) in [5.41, 5.74) is 1.18. The van der Waals surface area contributed by atoms with Gasteiger partial charge in [-0.1, -0.05) is 46.1 Å². The van der Waals surface area contributed by atoms with Crippen LogP contribution in [0.3, 0.4) is 0 Å². The molecule has 0 N–H and O–H groups in total. The second kappa shape index (κ2) is 8.39. The summed E-state index contributed by atoms with van der Waals surface area (Å²) >= 11 is 21.0. The molecule has 4 aromatic rings. The molecule has 28 heavy (non-hydrogen) atoms. The Labute approximate surface area is 184 Å². The highest BCUT2D eigenvalue weighted by Crippen LogP contribution is 2.35. The summed E-state index contributed by atoms with van der Waals surface area (Å²) in [4.78, 5) is 23.5. The molecule has 10 heteroatoms. The Bertz CT molecular complexity index is 1120. The highest BCUT2D eigenvalue weighted by atomic mass is 35.5. The van der Waals surface area contributed by atoms with Crippen LogP contribution >= 0.6 is 57.5 Å². The van der Waals surface area contributed by atoms with Gasteiger partial charge in [-0.15, -0.1) is 11.3 Å². The molecule has 0 aliphatic carbocycles. The Kier molecular flexibility index (Phi) is 5.89. The van der Waals surface area contributed by atoms with Gasteiger partial charge in [-0.25, -0.2) is 9.97 Å². The van der Waals surface area contributed by atoms with Crippen LogP contribution in [0.25, 0.3) is 10.2 Å². The van der Waals surface area contributed by atoms with Crippen LogP contribution < -0.4 is 4.90 Å². The normalized spacial score (nSPS) is 11.2. The molecular formula is C18H13Cl3N4OS2. The summed E-state index contributed by atoms with van der Waals surface area (Å²) < 4.78 is 3.74. The van der Waals surface area contributed by atoms with Crippen LogP contribution in [0.15, 0.2) is 43.0 Å². The Balaban J connectivity index is 1.64. The van der Waals surface area contributed by atoms with Crippen molar-refractivity contribution < 1.29 is 4.79 Å². The Hall–Kier alpha value is -1.64. The van der Waals surface area contributed by atoms with Crippen LogP contribution in [-0.4, -0.2) is 27.0 Å². The van der Waals surface area contributed by atoms with Crippen LogP contribution in [0.2, 0.25) is 13.7 Å². The van der Waals surface area contributed by atoms with Gasteiger partial charge in [0.05, 0.1) is 26.4 Å². The van der Waals surface area contributed by atoms with Gasteiger partial charge in [0, 0.05) is 30.5 Å². The number of rotatable bonds is 6. The summed E-state index contributed by atoms with van der Waals surface area (Å²) in [6.45, 7) is 1.22. The number of carbonyl (C=O) groups is 1. The molecule has 3 aromatic heterocycles. The first kappa shape index (κ1) is 19.7. The molecule has 3 heterocycles. The smallest absolute Gasteiger partial charge is 0.262 e. The van der Waals surface area contributed by atoms with E-state index in [1.807, 2.05) is 22.9 Å². The summed E-state index contributed by atoms with van der Waals surface area (Å²) in [6, 6.07) is 7.08. The molecule has 1 aromatic carbocycles. The van der Waals surface area contributed by atoms with Crippen molar-refractivity contribution in [3.63, 3.8) is 0 Å². The highest BCUT2D eigenvalue weighted by Gasteiger charge is 2.24. The van der Waals surface area contributed by atoms with E-state index in [9.17, 15) is 4.79 Å². The third-order valence-electron chi connectivity index (χ3n) is 4.06. The molecule has 5 nitrogen and oxygen atoms in total. The zero-order valence-corrected chi connectivity index (χ0v) is 18.2. The van der Waals surface area contributed by atoms with Gasteiger partial charge in [-0.2, -0.15) is 0 Å². The van der Waals surface area contributed by atoms with Crippen molar-refractivity contribution in [1.82, 2.24) is 14.5 Å². The van der Waals surface area contributed by atoms with Gasteiger partial charge >= 0.3 is 0 Å². The number of benzene rings is 1. The van der Waals surface area contributed by atoms with Crippen molar-refractivity contribution in [2.45, 2.75) is 13.0 Å². The number of hydrogen-bond donors (Lipinski definition) is 0. The molecule has 4 rings (SSSR count). The van der Waals surface area contributed by atoms with Crippen LogP contribution in [-0.2, 0) is 6.54 Å². The molecule has 1 amide bonds. The standard InChI is InChI=1S/C18H13Cl3N4OS2/c19-11-2-3-13-14(8-11)27-18(23-13)25(6-1-5-24-7-4-22-10-24)17(26)12-9-15(20)28-16(12)21/h2-4,7-10H,1,5-6H2. The number of thiazole rings is 1. The van der Waals surface area contributed by atoms with Crippen molar-refractivity contribution >= 4 is 78.7 Å². The number of carbonyl (C=O) groups excluding carboxylic acids is 1. The summed E-state index contributed by atoms with van der Waals surface area (Å²) in [7, 11) is 0. The largest absolute Gasteiger partial charge is 0.337 e. The minimum Gasteiger partial charge on any atom is -0.337 e. The minimum absolute atomic E-state index is 0.219. The predicted molar refractivity (Wildman–Crippen MR) is 117 cm³/mol. The molecule has 0 bridgehead atoms. The van der Waals surface area contributed by atoms with Crippen molar-refractivity contribution in [1.29, 1.82) is 0 Å². The molecule has 0 fully saturated rings. The molecule has 0 aliphatic heterocycles. The van der Waals surface area contributed by atoms with E-state index >= 15 is 0 Å². The Morgan fingerprint density at radius 3 is 2.75 bits per heavy atom. The number of halogens is 3. The van der Waals surface area contributed by atoms with Gasteiger partial charge in [0.2, 0.25) is 0 Å². The molecule has 0 radical (unpaired) electrons. The summed E-state index contributed by atoms with van der Waals surface area (Å²) in [6.07, 6.45) is 6.10. The zero-order valence-electron chi connectivity index (χ0n) is 14.3. The van der Waals surface area contributed by atoms with Crippen LogP contribution in [0.4, 0.5) is 5.13 Å². The second-order valence-electron chi connectivity index (χ2n) is 5.96. The fraction of sp³-hybridized carbons (Fsp3) is 0.167. The molecular weight excluding hydrogens is 459 g/mol. The zero-order chi connectivity index (χ0) is 19.7. The number of amides is 1. The molecule has 0 spiro atoms. The molecule has 0 saturated heterocycles. The monoisotopic (exact) mass is 470 g/mol. The fourth-order valence-electron chi connectivity index (χ4n) is 2.75. The Morgan fingerprint density at radius 2 is 2.04 bits per heavy atom. The lowest BCUT2D eigenvalue weighted by Crippen LogP contribution is -2.32. The van der Waals surface area contributed by atoms with Crippen molar-refractivity contribution in [2.24, 2.45) is 0 Å². The highest BCUT2D eigenvalue weighted by molar-refractivity contribution is 7.22. The number of nitrogens with zero attached hydrogens (tertiary/aromatic N) is 4. The van der Waals surface area contributed by atoms with E-state index in [1.165, 1.54) is 22.7 Å². The molecule has 0 unspecified atom stereocenters. The SMILES string of the molecule is O=C(c1cc(Cl)sc1Cl)N(CCCn1ccnc1)c1nc2ccc(Cl)cc2s1. The maximum Gasteiger partial charge on any atom is 0.262 e. The van der Waals surface area contributed by atoms with E-state index in [-0.39, 0.29) is 5.91 Å². The van der Waals surface area contributed by atoms with Crippen molar-refractivity contribution in [2.75, 3.05) is 11.4 Å². The van der Waals surface area contributed by atoms with Gasteiger partial charge in [0.15, 0.2) is 5.13 Å². The third-order valence-corrected chi connectivity index (χ3v) is 6.82. The quantitative estimate of drug-likeness (QED) is 0.334. The fourth-order valence-corrected chi connectivity index (χ4v) is 5.46. The topological polar surface area (TPSA) is 51.0 Å². The lowest BCUT2D eigenvalue weighted by atomic mass is 10.3. The number of fused-ring (bicyclic) bond motifs is 1. The van der Waals surface area contributed by atoms with E-state index in [0.717, 1.165) is 23.2 Å². The first-order chi connectivity index (χ1) is 13.5. The number of aromatic nitrogens is 3. The van der Waals surface area contributed by atoms with Gasteiger partial charge in [-0.3, -0.25) is 9.69 Å². The number of imidazole rings is 1. The van der Waals surface area contributed by atoms with Crippen LogP contribution in [0, 0.1) is 0 Å². The lowest BCUT2D eigenvalue weighted by Gasteiger charge is -2.19. The maximum atomic E-state index is 13.2. The molecule has 144 valence electrons. The minimum atomic E-state index is -0.219. The average molecular weight is 472 g/mol. The van der Waals surface area contributed by atoms with Crippen molar-refractivity contribution in [3.05, 3.63) is 62.2 Å². The maximum absolute atomic E-state index is 13.2. The first-order valence-electron chi connectivity index (χ1n) is 8.30. The van der Waals surface area contributed by atoms with E-state index < -0.39 is 0 Å². The van der Waals surface area contributed by atoms with E-state index in [0.29, 0.717) is 30.9 Å². The van der Waals surface area contributed by atoms with Crippen molar-refractivity contribution in [3.8, 4) is 0 Å². The molecule has 0 aliphatic rings. The average Bonchev–Trinajstić information content (AvgIpc) is 3.38. The second-order valence-corrected chi connectivity index (χ2v) is 9.69. The van der Waals surface area contributed by atoms with Gasteiger partial charge in [-0.05, 0) is 30.7 Å². The summed E-state index contributed by atoms with van der Waals surface area (Å²) in [5.74, 6) is -0.219. The van der Waals surface area contributed by atoms with E-state index in [2.05, 4.69) is 9.97 Å². The molecule has 0 atom stereocenters. The number of aryl methyl sites for hydroxylation is 1. The van der Waals surface area contributed by atoms with Gasteiger partial charge in [0.1, 0.15) is 4.34 Å². The van der Waals surface area contributed by atoms with Gasteiger partial charge < -0.3 is 4.57 Å². The van der Waals surface area contributed by atoms with Gasteiger partial charge in [0.25, 0.3) is 5.91 Å². The van der Waals surface area contributed by atoms with Crippen LogP contribution in [0.5, 0.6) is 0 Å². The first-order valence-corrected chi connectivity index (χ1v) is 11.1. The third kappa shape index (κ3) is 4.18. The number of anilines is 1.